The van der Waals surface area contributed by atoms with Crippen molar-refractivity contribution < 1.29 is 9.53 Å². The molecule has 0 N–H and O–H groups in total. The molecule has 2 heteroatoms. The molecule has 152 valence electrons. The van der Waals surface area contributed by atoms with Crippen LogP contribution in [-0.4, -0.2) is 12.6 Å². The smallest absolute Gasteiger partial charge is 0.306 e. The van der Waals surface area contributed by atoms with Gasteiger partial charge in [0.25, 0.3) is 0 Å². The molecule has 26 heavy (non-hydrogen) atoms. The molecule has 1 atom stereocenters. The minimum Gasteiger partial charge on any atom is -0.461 e. The Morgan fingerprint density at radius 1 is 0.846 bits per heavy atom. The Bertz CT molecular complexity index is 402. The highest BCUT2D eigenvalue weighted by atomic mass is 16.5. The molecule has 0 unspecified atom stereocenters. The highest BCUT2D eigenvalue weighted by Crippen LogP contribution is 2.16. The fraction of sp³-hybridized carbons (Fsp3) is 0.792. The van der Waals surface area contributed by atoms with E-state index in [2.05, 4.69) is 46.8 Å². The molecule has 0 saturated carbocycles. The summed E-state index contributed by atoms with van der Waals surface area (Å²) in [6, 6.07) is 0. The van der Waals surface area contributed by atoms with Gasteiger partial charge in [-0.3, -0.25) is 4.79 Å². The van der Waals surface area contributed by atoms with Gasteiger partial charge in [0.05, 0.1) is 0 Å². The molecular weight excluding hydrogens is 320 g/mol. The van der Waals surface area contributed by atoms with E-state index >= 15 is 0 Å². The highest BCUT2D eigenvalue weighted by molar-refractivity contribution is 5.69. The first-order valence-corrected chi connectivity index (χ1v) is 10.9. The molecule has 0 radical (unpaired) electrons. The lowest BCUT2D eigenvalue weighted by atomic mass is 9.98. The molecular formula is C24H44O2. The van der Waals surface area contributed by atoms with E-state index in [0.29, 0.717) is 18.9 Å². The summed E-state index contributed by atoms with van der Waals surface area (Å²) in [5.41, 5.74) is 2.65. The molecule has 0 saturated heterocycles. The van der Waals surface area contributed by atoms with Crippen molar-refractivity contribution in [3.05, 3.63) is 23.3 Å². The summed E-state index contributed by atoms with van der Waals surface area (Å²) in [5.74, 6) is 0.455. The van der Waals surface area contributed by atoms with E-state index in [9.17, 15) is 4.79 Å². The molecule has 0 fully saturated rings. The van der Waals surface area contributed by atoms with Gasteiger partial charge in [0.15, 0.2) is 0 Å². The highest BCUT2D eigenvalue weighted by Gasteiger charge is 2.04. The molecule has 0 aliphatic rings. The Hall–Kier alpha value is -1.05. The van der Waals surface area contributed by atoms with Crippen molar-refractivity contribution in [3.8, 4) is 0 Å². The van der Waals surface area contributed by atoms with Crippen LogP contribution in [0.25, 0.3) is 0 Å². The normalized spacial score (nSPS) is 12.7. The van der Waals surface area contributed by atoms with Gasteiger partial charge in [0, 0.05) is 6.42 Å². The van der Waals surface area contributed by atoms with E-state index in [1.807, 2.05) is 0 Å². The van der Waals surface area contributed by atoms with Crippen LogP contribution < -0.4 is 0 Å². The molecule has 0 heterocycles. The summed E-state index contributed by atoms with van der Waals surface area (Å²) in [4.78, 5) is 11.8. The van der Waals surface area contributed by atoms with Crippen LogP contribution in [0, 0.1) is 5.92 Å². The zero-order valence-electron chi connectivity index (χ0n) is 18.2. The van der Waals surface area contributed by atoms with E-state index in [1.54, 1.807) is 0 Å². The van der Waals surface area contributed by atoms with E-state index in [0.717, 1.165) is 19.3 Å². The molecule has 0 aliphatic heterocycles. The third kappa shape index (κ3) is 16.4. The van der Waals surface area contributed by atoms with Crippen LogP contribution in [0.4, 0.5) is 0 Å². The van der Waals surface area contributed by atoms with Crippen molar-refractivity contribution in [2.24, 2.45) is 5.92 Å². The largest absolute Gasteiger partial charge is 0.461 e. The number of carbonyl (C=O) groups is 1. The Morgan fingerprint density at radius 3 is 1.92 bits per heavy atom. The van der Waals surface area contributed by atoms with Crippen LogP contribution in [0.5, 0.6) is 0 Å². The Balaban J connectivity index is 3.59. The summed E-state index contributed by atoms with van der Waals surface area (Å²) in [7, 11) is 0. The van der Waals surface area contributed by atoms with Crippen molar-refractivity contribution in [2.75, 3.05) is 6.61 Å². The minimum absolute atomic E-state index is 0.0504. The molecule has 0 spiro atoms. The average molecular weight is 365 g/mol. The minimum atomic E-state index is -0.0504. The van der Waals surface area contributed by atoms with Crippen LogP contribution in [0.15, 0.2) is 23.3 Å². The SMILES string of the molecule is CCCCCCCCCCCCC(=O)OC/C=C(\C)[C@@H](C)CC=C(C)C. The fourth-order valence-electron chi connectivity index (χ4n) is 2.89. The van der Waals surface area contributed by atoms with Gasteiger partial charge >= 0.3 is 5.97 Å². The predicted octanol–water partition coefficient (Wildman–Crippen LogP) is 7.78. The van der Waals surface area contributed by atoms with Crippen molar-refractivity contribution >= 4 is 5.97 Å². The second-order valence-corrected chi connectivity index (χ2v) is 7.98. The zero-order chi connectivity index (χ0) is 19.6. The monoisotopic (exact) mass is 364 g/mol. The molecule has 0 rings (SSSR count). The number of allylic oxidation sites excluding steroid dienone is 3. The summed E-state index contributed by atoms with van der Waals surface area (Å²) in [6.45, 7) is 11.3. The van der Waals surface area contributed by atoms with Crippen molar-refractivity contribution in [1.29, 1.82) is 0 Å². The van der Waals surface area contributed by atoms with Gasteiger partial charge in [-0.25, -0.2) is 0 Å². The topological polar surface area (TPSA) is 26.3 Å². The van der Waals surface area contributed by atoms with Crippen LogP contribution >= 0.6 is 0 Å². The van der Waals surface area contributed by atoms with Gasteiger partial charge in [-0.15, -0.1) is 0 Å². The first-order valence-electron chi connectivity index (χ1n) is 10.9. The second kappa shape index (κ2) is 17.4. The van der Waals surface area contributed by atoms with E-state index in [-0.39, 0.29) is 5.97 Å². The van der Waals surface area contributed by atoms with Gasteiger partial charge < -0.3 is 4.74 Å². The fourth-order valence-corrected chi connectivity index (χ4v) is 2.89. The molecule has 0 amide bonds. The van der Waals surface area contributed by atoms with Gasteiger partial charge in [-0.1, -0.05) is 88.9 Å². The van der Waals surface area contributed by atoms with Crippen molar-refractivity contribution in [1.82, 2.24) is 0 Å². The van der Waals surface area contributed by atoms with Crippen molar-refractivity contribution in [2.45, 2.75) is 112 Å². The Labute approximate surface area is 163 Å². The quantitative estimate of drug-likeness (QED) is 0.159. The third-order valence-electron chi connectivity index (χ3n) is 5.04. The first kappa shape index (κ1) is 24.9. The lowest BCUT2D eigenvalue weighted by Crippen LogP contribution is -2.05. The maximum atomic E-state index is 11.8. The standard InChI is InChI=1S/C24H44O2/c1-6-7-8-9-10-11-12-13-14-15-16-24(25)26-20-19-23(5)22(4)18-17-21(2)3/h17,19,22H,6-16,18,20H2,1-5H3/b23-19+/t22-/m0/s1. The summed E-state index contributed by atoms with van der Waals surface area (Å²) < 4.78 is 5.34. The lowest BCUT2D eigenvalue weighted by molar-refractivity contribution is -0.142. The van der Waals surface area contributed by atoms with E-state index in [4.69, 9.17) is 4.74 Å². The molecule has 0 aromatic rings. The molecule has 0 aromatic carbocycles. The van der Waals surface area contributed by atoms with E-state index < -0.39 is 0 Å². The zero-order valence-corrected chi connectivity index (χ0v) is 18.2. The second-order valence-electron chi connectivity index (χ2n) is 7.98. The van der Waals surface area contributed by atoms with Gasteiger partial charge in [0.2, 0.25) is 0 Å². The van der Waals surface area contributed by atoms with Gasteiger partial charge in [-0.05, 0) is 45.6 Å². The predicted molar refractivity (Wildman–Crippen MR) is 114 cm³/mol. The lowest BCUT2D eigenvalue weighted by Gasteiger charge is -2.10. The van der Waals surface area contributed by atoms with Crippen LogP contribution in [0.1, 0.15) is 112 Å². The third-order valence-corrected chi connectivity index (χ3v) is 5.04. The number of carbonyl (C=O) groups excluding carboxylic acids is 1. The van der Waals surface area contributed by atoms with Gasteiger partial charge in [0.1, 0.15) is 6.61 Å². The first-order chi connectivity index (χ1) is 12.5. The summed E-state index contributed by atoms with van der Waals surface area (Å²) in [6.07, 6.45) is 18.8. The summed E-state index contributed by atoms with van der Waals surface area (Å²) in [5, 5.41) is 0. The molecule has 0 bridgehead atoms. The van der Waals surface area contributed by atoms with Gasteiger partial charge in [-0.2, -0.15) is 0 Å². The maximum absolute atomic E-state index is 11.8. The number of rotatable bonds is 16. The maximum Gasteiger partial charge on any atom is 0.306 e. The van der Waals surface area contributed by atoms with E-state index in [1.165, 1.54) is 62.5 Å². The number of hydrogen-bond donors (Lipinski definition) is 0. The van der Waals surface area contributed by atoms with Crippen LogP contribution in [-0.2, 0) is 9.53 Å². The molecule has 2 nitrogen and oxygen atoms in total. The number of unbranched alkanes of at least 4 members (excludes halogenated alkanes) is 9. The number of hydrogen-bond acceptors (Lipinski definition) is 2. The van der Waals surface area contributed by atoms with Crippen LogP contribution in [0.2, 0.25) is 0 Å². The van der Waals surface area contributed by atoms with Crippen LogP contribution in [0.3, 0.4) is 0 Å². The molecule has 0 aliphatic carbocycles. The number of esters is 1. The summed E-state index contributed by atoms with van der Waals surface area (Å²) >= 11 is 0. The number of ether oxygens (including phenoxy) is 1. The Kier molecular flexibility index (Phi) is 16.7. The average Bonchev–Trinajstić information content (AvgIpc) is 2.61. The van der Waals surface area contributed by atoms with Crippen molar-refractivity contribution in [3.63, 3.8) is 0 Å². The molecule has 0 aromatic heterocycles. The Morgan fingerprint density at radius 2 is 1.38 bits per heavy atom.